The third-order valence-electron chi connectivity index (χ3n) is 5.00. The molecule has 1 N–H and O–H groups in total. The standard InChI is InChI=1S/C22H24ClFN2O2/c1-14(2)11-25-21(27)20-13-26(22(28)15-6-8-17(23)9-7-15)12-19(20)16-4-3-5-18(24)10-16/h3-10,14,19-20H,11-13H2,1-2H3,(H,25,27)/t19-,20+/m1/s1. The first kappa shape index (κ1) is 20.3. The Labute approximate surface area is 169 Å². The van der Waals surface area contributed by atoms with Gasteiger partial charge in [0.15, 0.2) is 0 Å². The fourth-order valence-electron chi connectivity index (χ4n) is 3.52. The third-order valence-corrected chi connectivity index (χ3v) is 5.25. The minimum atomic E-state index is -0.420. The Bertz CT molecular complexity index is 854. The minimum Gasteiger partial charge on any atom is -0.356 e. The Kier molecular flexibility index (Phi) is 6.35. The molecule has 1 aliphatic rings. The van der Waals surface area contributed by atoms with Crippen LogP contribution in [0.4, 0.5) is 4.39 Å². The molecule has 0 spiro atoms. The number of benzene rings is 2. The van der Waals surface area contributed by atoms with E-state index in [1.807, 2.05) is 19.9 Å². The van der Waals surface area contributed by atoms with Gasteiger partial charge in [0.05, 0.1) is 5.92 Å². The molecule has 3 rings (SSSR count). The van der Waals surface area contributed by atoms with Crippen molar-refractivity contribution in [3.05, 3.63) is 70.5 Å². The number of halogens is 2. The Morgan fingerprint density at radius 3 is 2.54 bits per heavy atom. The number of nitrogens with one attached hydrogen (secondary N) is 1. The van der Waals surface area contributed by atoms with Crippen LogP contribution in [-0.4, -0.2) is 36.3 Å². The lowest BCUT2D eigenvalue weighted by atomic mass is 9.88. The highest BCUT2D eigenvalue weighted by atomic mass is 35.5. The molecule has 6 heteroatoms. The quantitative estimate of drug-likeness (QED) is 0.818. The largest absolute Gasteiger partial charge is 0.356 e. The van der Waals surface area contributed by atoms with Gasteiger partial charge in [-0.1, -0.05) is 37.6 Å². The van der Waals surface area contributed by atoms with Crippen LogP contribution in [0.5, 0.6) is 0 Å². The molecule has 2 aromatic carbocycles. The maximum Gasteiger partial charge on any atom is 0.253 e. The molecule has 0 aromatic heterocycles. The molecule has 1 fully saturated rings. The van der Waals surface area contributed by atoms with Gasteiger partial charge in [0, 0.05) is 36.1 Å². The summed E-state index contributed by atoms with van der Waals surface area (Å²) in [5, 5.41) is 3.51. The molecule has 0 aliphatic carbocycles. The molecule has 1 aliphatic heterocycles. The van der Waals surface area contributed by atoms with Crippen molar-refractivity contribution < 1.29 is 14.0 Å². The first-order chi connectivity index (χ1) is 13.3. The number of nitrogens with zero attached hydrogens (tertiary/aromatic N) is 1. The van der Waals surface area contributed by atoms with Crippen LogP contribution in [0, 0.1) is 17.7 Å². The summed E-state index contributed by atoms with van der Waals surface area (Å²) >= 11 is 5.91. The van der Waals surface area contributed by atoms with Crippen LogP contribution in [0.25, 0.3) is 0 Å². The molecular weight excluding hydrogens is 379 g/mol. The molecule has 2 atom stereocenters. The average Bonchev–Trinajstić information content (AvgIpc) is 3.11. The molecule has 28 heavy (non-hydrogen) atoms. The Hall–Kier alpha value is -2.40. The maximum atomic E-state index is 13.8. The predicted molar refractivity (Wildman–Crippen MR) is 108 cm³/mol. The van der Waals surface area contributed by atoms with E-state index in [1.54, 1.807) is 35.2 Å². The van der Waals surface area contributed by atoms with Crippen molar-refractivity contribution in [1.82, 2.24) is 10.2 Å². The van der Waals surface area contributed by atoms with Crippen molar-refractivity contribution in [1.29, 1.82) is 0 Å². The second kappa shape index (κ2) is 8.74. The lowest BCUT2D eigenvalue weighted by Gasteiger charge is -2.19. The fourth-order valence-corrected chi connectivity index (χ4v) is 3.65. The fraction of sp³-hybridized carbons (Fsp3) is 0.364. The highest BCUT2D eigenvalue weighted by Gasteiger charge is 2.40. The van der Waals surface area contributed by atoms with Crippen molar-refractivity contribution in [3.63, 3.8) is 0 Å². The van der Waals surface area contributed by atoms with Crippen molar-refractivity contribution in [2.45, 2.75) is 19.8 Å². The number of carbonyl (C=O) groups excluding carboxylic acids is 2. The molecule has 148 valence electrons. The van der Waals surface area contributed by atoms with Gasteiger partial charge in [-0.25, -0.2) is 4.39 Å². The molecule has 2 amide bonds. The van der Waals surface area contributed by atoms with Crippen LogP contribution in [0.1, 0.15) is 35.7 Å². The highest BCUT2D eigenvalue weighted by molar-refractivity contribution is 6.30. The average molecular weight is 403 g/mol. The van der Waals surface area contributed by atoms with Crippen LogP contribution in [-0.2, 0) is 4.79 Å². The molecule has 2 aromatic rings. The summed E-state index contributed by atoms with van der Waals surface area (Å²) in [6, 6.07) is 13.0. The molecule has 0 bridgehead atoms. The molecule has 4 nitrogen and oxygen atoms in total. The van der Waals surface area contributed by atoms with Gasteiger partial charge in [0.1, 0.15) is 5.82 Å². The van der Waals surface area contributed by atoms with Gasteiger partial charge in [-0.05, 0) is 47.9 Å². The van der Waals surface area contributed by atoms with Crippen LogP contribution < -0.4 is 5.32 Å². The predicted octanol–water partition coefficient (Wildman–Crippen LogP) is 4.11. The van der Waals surface area contributed by atoms with Gasteiger partial charge in [-0.15, -0.1) is 0 Å². The van der Waals surface area contributed by atoms with Crippen LogP contribution in [0.15, 0.2) is 48.5 Å². The Morgan fingerprint density at radius 2 is 1.89 bits per heavy atom. The molecule has 0 unspecified atom stereocenters. The van der Waals surface area contributed by atoms with Gasteiger partial charge in [0.25, 0.3) is 5.91 Å². The van der Waals surface area contributed by atoms with E-state index in [2.05, 4.69) is 5.32 Å². The van der Waals surface area contributed by atoms with Gasteiger partial charge < -0.3 is 10.2 Å². The van der Waals surface area contributed by atoms with Gasteiger partial charge in [-0.2, -0.15) is 0 Å². The van der Waals surface area contributed by atoms with E-state index in [9.17, 15) is 14.0 Å². The summed E-state index contributed by atoms with van der Waals surface area (Å²) in [6.45, 7) is 5.28. The third kappa shape index (κ3) is 4.71. The number of likely N-dealkylation sites (tertiary alicyclic amines) is 1. The van der Waals surface area contributed by atoms with E-state index < -0.39 is 5.92 Å². The van der Waals surface area contributed by atoms with E-state index in [-0.39, 0.29) is 23.5 Å². The number of rotatable bonds is 5. The van der Waals surface area contributed by atoms with E-state index in [1.165, 1.54) is 12.1 Å². The zero-order chi connectivity index (χ0) is 20.3. The van der Waals surface area contributed by atoms with Gasteiger partial charge >= 0.3 is 0 Å². The van der Waals surface area contributed by atoms with Crippen molar-refractivity contribution in [2.24, 2.45) is 11.8 Å². The van der Waals surface area contributed by atoms with Gasteiger partial charge in [0.2, 0.25) is 5.91 Å². The molecule has 1 saturated heterocycles. The molecular formula is C22H24ClFN2O2. The number of hydrogen-bond acceptors (Lipinski definition) is 2. The summed E-state index contributed by atoms with van der Waals surface area (Å²) in [5.74, 6) is -0.950. The summed E-state index contributed by atoms with van der Waals surface area (Å²) in [5.41, 5.74) is 1.25. The van der Waals surface area contributed by atoms with Crippen molar-refractivity contribution >= 4 is 23.4 Å². The topological polar surface area (TPSA) is 49.4 Å². The Morgan fingerprint density at radius 1 is 1.18 bits per heavy atom. The second-order valence-corrected chi connectivity index (χ2v) is 8.06. The van der Waals surface area contributed by atoms with Crippen LogP contribution in [0.2, 0.25) is 5.02 Å². The smallest absolute Gasteiger partial charge is 0.253 e. The first-order valence-corrected chi connectivity index (χ1v) is 9.81. The van der Waals surface area contributed by atoms with Crippen molar-refractivity contribution in [2.75, 3.05) is 19.6 Å². The Balaban J connectivity index is 1.84. The maximum absolute atomic E-state index is 13.8. The van der Waals surface area contributed by atoms with E-state index in [4.69, 9.17) is 11.6 Å². The van der Waals surface area contributed by atoms with E-state index >= 15 is 0 Å². The number of amides is 2. The number of hydrogen-bond donors (Lipinski definition) is 1. The van der Waals surface area contributed by atoms with E-state index in [0.29, 0.717) is 36.1 Å². The molecule has 1 heterocycles. The summed E-state index contributed by atoms with van der Waals surface area (Å²) < 4.78 is 13.8. The lowest BCUT2D eigenvalue weighted by Crippen LogP contribution is -2.37. The summed E-state index contributed by atoms with van der Waals surface area (Å²) in [6.07, 6.45) is 0. The van der Waals surface area contributed by atoms with E-state index in [0.717, 1.165) is 5.56 Å². The SMILES string of the molecule is CC(C)CNC(=O)[C@H]1CN(C(=O)c2ccc(Cl)cc2)C[C@@H]1c1cccc(F)c1. The highest BCUT2D eigenvalue weighted by Crippen LogP contribution is 2.34. The summed E-state index contributed by atoms with van der Waals surface area (Å²) in [4.78, 5) is 27.4. The molecule has 0 radical (unpaired) electrons. The van der Waals surface area contributed by atoms with Crippen LogP contribution >= 0.6 is 11.6 Å². The molecule has 0 saturated carbocycles. The summed E-state index contributed by atoms with van der Waals surface area (Å²) in [7, 11) is 0. The lowest BCUT2D eigenvalue weighted by molar-refractivity contribution is -0.125. The first-order valence-electron chi connectivity index (χ1n) is 9.43. The number of carbonyl (C=O) groups is 2. The zero-order valence-corrected chi connectivity index (χ0v) is 16.7. The van der Waals surface area contributed by atoms with Gasteiger partial charge in [-0.3, -0.25) is 9.59 Å². The zero-order valence-electron chi connectivity index (χ0n) is 16.0. The van der Waals surface area contributed by atoms with Crippen LogP contribution in [0.3, 0.4) is 0 Å². The minimum absolute atomic E-state index is 0.102. The van der Waals surface area contributed by atoms with Crippen molar-refractivity contribution in [3.8, 4) is 0 Å². The normalized spacial score (nSPS) is 19.1. The second-order valence-electron chi connectivity index (χ2n) is 7.62. The monoisotopic (exact) mass is 402 g/mol.